The van der Waals surface area contributed by atoms with Crippen molar-refractivity contribution in [3.05, 3.63) is 83.3 Å². The van der Waals surface area contributed by atoms with Crippen molar-refractivity contribution < 1.29 is 22.4 Å². The van der Waals surface area contributed by atoms with Crippen LogP contribution in [0.2, 0.25) is 5.02 Å². The number of carbonyl (C=O) groups is 1. The topological polar surface area (TPSA) is 90.5 Å². The summed E-state index contributed by atoms with van der Waals surface area (Å²) in [7, 11) is 1.72. The van der Waals surface area contributed by atoms with Crippen LogP contribution in [0.4, 0.5) is 23.2 Å². The molecular weight excluding hydrogens is 502 g/mol. The predicted molar refractivity (Wildman–Crippen MR) is 123 cm³/mol. The summed E-state index contributed by atoms with van der Waals surface area (Å²) in [6.07, 6.45) is 0.0936. The molecule has 0 aliphatic rings. The average molecular weight is 516 g/mol. The third-order valence-corrected chi connectivity index (χ3v) is 5.55. The summed E-state index contributed by atoms with van der Waals surface area (Å²) in [5.74, 6) is -1.78. The molecule has 0 saturated carbocycles. The van der Waals surface area contributed by atoms with Crippen molar-refractivity contribution in [1.82, 2.24) is 29.5 Å². The third-order valence-electron chi connectivity index (χ3n) is 5.26. The Balaban J connectivity index is 1.53. The molecule has 0 fully saturated rings. The Labute approximate surface area is 205 Å². The molecule has 5 aromatic rings. The van der Waals surface area contributed by atoms with E-state index in [1.54, 1.807) is 24.0 Å². The van der Waals surface area contributed by atoms with E-state index in [0.717, 1.165) is 18.3 Å². The number of rotatable bonds is 4. The first-order chi connectivity index (χ1) is 17.1. The van der Waals surface area contributed by atoms with Gasteiger partial charge in [-0.25, -0.2) is 9.07 Å². The lowest BCUT2D eigenvalue weighted by Crippen LogP contribution is -2.21. The molecule has 1 amide bonds. The van der Waals surface area contributed by atoms with Crippen molar-refractivity contribution in [3.63, 3.8) is 0 Å². The molecule has 1 N–H and O–H groups in total. The molecule has 0 bridgehead atoms. The van der Waals surface area contributed by atoms with Crippen LogP contribution >= 0.6 is 11.6 Å². The van der Waals surface area contributed by atoms with Gasteiger partial charge in [0.05, 0.1) is 34.4 Å². The smallest absolute Gasteiger partial charge is 0.320 e. The van der Waals surface area contributed by atoms with Crippen LogP contribution in [0.5, 0.6) is 0 Å². The number of aromatic nitrogens is 6. The number of aryl methyl sites for hydroxylation is 1. The summed E-state index contributed by atoms with van der Waals surface area (Å²) in [6.45, 7) is 0. The van der Waals surface area contributed by atoms with Crippen LogP contribution in [-0.2, 0) is 13.2 Å². The monoisotopic (exact) mass is 515 g/mol. The standard InChI is InChI=1S/C23H14ClF4N7O/c1-34-8-6-17(33-34)20-15(24)9-12(10-30-20)32-22(36)14-11-31-35(21(14)23(26,27)28)18-5-4-16(25)19-13(18)3-2-7-29-19/h2-11H,1H3,(H,32,36). The summed E-state index contributed by atoms with van der Waals surface area (Å²) >= 11 is 6.26. The lowest BCUT2D eigenvalue weighted by Gasteiger charge is -2.14. The highest BCUT2D eigenvalue weighted by Crippen LogP contribution is 2.36. The van der Waals surface area contributed by atoms with Crippen LogP contribution in [0.25, 0.3) is 28.0 Å². The minimum Gasteiger partial charge on any atom is -0.320 e. The van der Waals surface area contributed by atoms with E-state index in [1.165, 1.54) is 30.6 Å². The molecule has 0 saturated heterocycles. The molecule has 36 heavy (non-hydrogen) atoms. The number of halogens is 5. The van der Waals surface area contributed by atoms with Gasteiger partial charge in [-0.15, -0.1) is 0 Å². The van der Waals surface area contributed by atoms with E-state index in [4.69, 9.17) is 11.6 Å². The number of alkyl halides is 3. The fraction of sp³-hybridized carbons (Fsp3) is 0.0870. The van der Waals surface area contributed by atoms with Crippen LogP contribution in [0.3, 0.4) is 0 Å². The normalized spacial score (nSPS) is 11.7. The largest absolute Gasteiger partial charge is 0.434 e. The SMILES string of the molecule is Cn1ccc(-c2ncc(NC(=O)c3cnn(-c4ccc(F)c5ncccc45)c3C(F)(F)F)cc2Cl)n1. The predicted octanol–water partition coefficient (Wildman–Crippen LogP) is 5.28. The second kappa shape index (κ2) is 8.72. The number of benzene rings is 1. The highest BCUT2D eigenvalue weighted by atomic mass is 35.5. The molecule has 0 radical (unpaired) electrons. The number of nitrogens with zero attached hydrogens (tertiary/aromatic N) is 6. The van der Waals surface area contributed by atoms with E-state index < -0.39 is 29.2 Å². The lowest BCUT2D eigenvalue weighted by molar-refractivity contribution is -0.143. The van der Waals surface area contributed by atoms with Gasteiger partial charge >= 0.3 is 6.18 Å². The van der Waals surface area contributed by atoms with E-state index in [0.29, 0.717) is 16.1 Å². The number of pyridine rings is 2. The maximum Gasteiger partial charge on any atom is 0.434 e. The van der Waals surface area contributed by atoms with E-state index in [2.05, 4.69) is 25.5 Å². The highest BCUT2D eigenvalue weighted by molar-refractivity contribution is 6.33. The van der Waals surface area contributed by atoms with E-state index in [9.17, 15) is 22.4 Å². The summed E-state index contributed by atoms with van der Waals surface area (Å²) < 4.78 is 58.7. The maximum absolute atomic E-state index is 14.2. The number of carbonyl (C=O) groups excluding carboxylic acids is 1. The fourth-order valence-electron chi connectivity index (χ4n) is 3.71. The molecule has 0 aliphatic carbocycles. The van der Waals surface area contributed by atoms with Gasteiger partial charge in [-0.3, -0.25) is 19.4 Å². The molecule has 0 spiro atoms. The van der Waals surface area contributed by atoms with Crippen molar-refractivity contribution in [1.29, 1.82) is 0 Å². The maximum atomic E-state index is 14.2. The molecule has 4 aromatic heterocycles. The minimum atomic E-state index is -4.97. The van der Waals surface area contributed by atoms with Crippen molar-refractivity contribution in [2.24, 2.45) is 7.05 Å². The second-order valence-electron chi connectivity index (χ2n) is 7.67. The molecule has 0 atom stereocenters. The van der Waals surface area contributed by atoms with Gasteiger partial charge < -0.3 is 5.32 Å². The number of fused-ring (bicyclic) bond motifs is 1. The van der Waals surface area contributed by atoms with Crippen LogP contribution in [0.1, 0.15) is 16.1 Å². The van der Waals surface area contributed by atoms with Gasteiger partial charge in [0.1, 0.15) is 22.7 Å². The summed E-state index contributed by atoms with van der Waals surface area (Å²) in [5.41, 5.74) is -1.39. The van der Waals surface area contributed by atoms with Crippen molar-refractivity contribution in [3.8, 4) is 17.1 Å². The number of hydrogen-bond acceptors (Lipinski definition) is 5. The highest BCUT2D eigenvalue weighted by Gasteiger charge is 2.41. The minimum absolute atomic E-state index is 0.0713. The lowest BCUT2D eigenvalue weighted by atomic mass is 10.1. The van der Waals surface area contributed by atoms with Crippen LogP contribution in [0, 0.1) is 5.82 Å². The summed E-state index contributed by atoms with van der Waals surface area (Å²) in [6, 6.07) is 8.05. The Kier molecular flexibility index (Phi) is 5.67. The Hall–Kier alpha value is -4.32. The first-order valence-corrected chi connectivity index (χ1v) is 10.7. The fourth-order valence-corrected chi connectivity index (χ4v) is 3.98. The molecule has 0 aliphatic heterocycles. The summed E-state index contributed by atoms with van der Waals surface area (Å²) in [4.78, 5) is 21.0. The number of nitrogens with one attached hydrogen (secondary N) is 1. The van der Waals surface area contributed by atoms with Crippen molar-refractivity contribution in [2.75, 3.05) is 5.32 Å². The van der Waals surface area contributed by atoms with Crippen LogP contribution < -0.4 is 5.32 Å². The van der Waals surface area contributed by atoms with Crippen molar-refractivity contribution >= 4 is 34.1 Å². The second-order valence-corrected chi connectivity index (χ2v) is 8.07. The van der Waals surface area contributed by atoms with Gasteiger partial charge in [0.15, 0.2) is 5.69 Å². The third kappa shape index (κ3) is 4.15. The van der Waals surface area contributed by atoms with Gasteiger partial charge in [-0.05, 0) is 36.4 Å². The Morgan fingerprint density at radius 1 is 1.11 bits per heavy atom. The molecule has 1 aromatic carbocycles. The van der Waals surface area contributed by atoms with Gasteiger partial charge in [-0.1, -0.05) is 11.6 Å². The zero-order valence-electron chi connectivity index (χ0n) is 18.3. The first-order valence-electron chi connectivity index (χ1n) is 10.3. The summed E-state index contributed by atoms with van der Waals surface area (Å²) in [5, 5.41) is 10.6. The molecule has 8 nitrogen and oxygen atoms in total. The number of hydrogen-bond donors (Lipinski definition) is 1. The molecular formula is C23H14ClF4N7O. The van der Waals surface area contributed by atoms with Gasteiger partial charge in [0, 0.05) is 24.8 Å². The van der Waals surface area contributed by atoms with E-state index in [-0.39, 0.29) is 27.3 Å². The Bertz CT molecular complexity index is 1630. The Morgan fingerprint density at radius 2 is 1.92 bits per heavy atom. The average Bonchev–Trinajstić information content (AvgIpc) is 3.46. The van der Waals surface area contributed by atoms with Gasteiger partial charge in [0.2, 0.25) is 0 Å². The van der Waals surface area contributed by atoms with Crippen molar-refractivity contribution in [2.45, 2.75) is 6.18 Å². The number of amides is 1. The molecule has 0 unspecified atom stereocenters. The molecule has 13 heteroatoms. The Morgan fingerprint density at radius 3 is 2.61 bits per heavy atom. The van der Waals surface area contributed by atoms with E-state index in [1.807, 2.05) is 0 Å². The van der Waals surface area contributed by atoms with E-state index >= 15 is 0 Å². The zero-order chi connectivity index (χ0) is 25.6. The van der Waals surface area contributed by atoms with Crippen LogP contribution in [-0.4, -0.2) is 35.4 Å². The van der Waals surface area contributed by atoms with Gasteiger partial charge in [0.25, 0.3) is 5.91 Å². The quantitative estimate of drug-likeness (QED) is 0.329. The molecule has 5 rings (SSSR count). The van der Waals surface area contributed by atoms with Gasteiger partial charge in [-0.2, -0.15) is 23.4 Å². The van der Waals surface area contributed by atoms with Crippen LogP contribution in [0.15, 0.2) is 61.2 Å². The number of anilines is 1. The molecule has 4 heterocycles. The molecule has 182 valence electrons. The zero-order valence-corrected chi connectivity index (χ0v) is 19.0. The first kappa shape index (κ1) is 23.4.